The van der Waals surface area contributed by atoms with E-state index >= 15 is 0 Å². The minimum atomic E-state index is -2.19. The van der Waals surface area contributed by atoms with Gasteiger partial charge >= 0.3 is 152 Å². The van der Waals surface area contributed by atoms with Crippen molar-refractivity contribution in [2.75, 3.05) is 0 Å². The summed E-state index contributed by atoms with van der Waals surface area (Å²) in [4.78, 5) is 9.31. The van der Waals surface area contributed by atoms with Crippen molar-refractivity contribution in [2.24, 2.45) is 5.41 Å². The number of pyridine rings is 2. The van der Waals surface area contributed by atoms with E-state index in [2.05, 4.69) is 134 Å². The first-order valence-corrected chi connectivity index (χ1v) is 25.9. The van der Waals surface area contributed by atoms with Crippen LogP contribution in [0, 0.1) is 31.3 Å². The zero-order chi connectivity index (χ0) is 40.5. The van der Waals surface area contributed by atoms with Crippen LogP contribution in [-0.4, -0.2) is 23.2 Å². The Kier molecular flexibility index (Phi) is 10.9. The van der Waals surface area contributed by atoms with Gasteiger partial charge in [-0.3, -0.25) is 0 Å². The Bertz CT molecular complexity index is 2680. The fraction of sp³-hybridized carbons (Fsp3) is 0.200. The van der Waals surface area contributed by atoms with Crippen LogP contribution in [0.2, 0.25) is 17.3 Å². The van der Waals surface area contributed by atoms with Gasteiger partial charge in [-0.2, -0.15) is 0 Å². The quantitative estimate of drug-likeness (QED) is 0.123. The second kappa shape index (κ2) is 16.6. The molecule has 0 spiro atoms. The maximum Gasteiger partial charge on any atom is 0 e. The predicted molar refractivity (Wildman–Crippen MR) is 231 cm³/mol. The topological polar surface area (TPSA) is 38.9 Å². The van der Waals surface area contributed by atoms with Crippen molar-refractivity contribution in [3.63, 3.8) is 0 Å². The van der Waals surface area contributed by atoms with Crippen LogP contribution in [0.4, 0.5) is 0 Å². The smallest absolute Gasteiger partial charge is 0 e. The Balaban J connectivity index is 0.000000193. The molecule has 0 saturated heterocycles. The first-order valence-electron chi connectivity index (χ1n) is 20.0. The number of benzene rings is 5. The summed E-state index contributed by atoms with van der Waals surface area (Å²) in [5.41, 5.74) is 12.3. The SMILES string of the molecule is CC(C)(C)Cc1ccnc(-c2[c-]ccc3c2oc2ccc(-c4ccccc4)cc23)c1.[2H]C([2H])([2H])c1c[c-]c(-c2cc(C)[c]([Ge]([CH3])([CH3])[CH3])cn2)cc1-c1ccccc1.[Ir]. The van der Waals surface area contributed by atoms with E-state index in [9.17, 15) is 0 Å². The molecular weight excluding hydrogens is 909 g/mol. The summed E-state index contributed by atoms with van der Waals surface area (Å²) in [5.74, 6) is 7.07. The molecule has 5 aromatic carbocycles. The van der Waals surface area contributed by atoms with Crippen molar-refractivity contribution in [3.05, 3.63) is 163 Å². The molecule has 0 bridgehead atoms. The van der Waals surface area contributed by atoms with Crippen LogP contribution in [0.1, 0.15) is 41.6 Å². The molecule has 1 radical (unpaired) electrons. The fourth-order valence-electron chi connectivity index (χ4n) is 7.06. The van der Waals surface area contributed by atoms with Crippen LogP contribution in [0.3, 0.4) is 0 Å². The van der Waals surface area contributed by atoms with Gasteiger partial charge in [-0.1, -0.05) is 79.7 Å². The van der Waals surface area contributed by atoms with Crippen molar-refractivity contribution in [1.29, 1.82) is 0 Å². The Morgan fingerprint density at radius 2 is 1.45 bits per heavy atom. The van der Waals surface area contributed by atoms with Crippen LogP contribution in [0.5, 0.6) is 0 Å². The molecule has 0 fully saturated rings. The van der Waals surface area contributed by atoms with Crippen molar-refractivity contribution in [3.8, 4) is 44.8 Å². The van der Waals surface area contributed by atoms with Gasteiger partial charge in [0.05, 0.1) is 5.58 Å². The average molecular weight is 961 g/mol. The molecule has 0 aliphatic heterocycles. The standard InChI is InChI=1S/C28H24NO.C22H24GeN.Ir/c1-28(2,3)18-19-14-15-29-25(16-19)23-11-7-10-22-24-17-21(20-8-5-4-6-9-20)12-13-26(24)30-27(22)23;1-16-11-12-19(14-20(16)18-9-7-6-8-10-18)22-13-17(2)21(15-24-22)23(3,4)5;/h4-10,12-17H,18H2,1-3H3;6-11,13-15H,1-5H3;/q2*-1;/i;1D3;. The molecule has 0 saturated carbocycles. The van der Waals surface area contributed by atoms with E-state index < -0.39 is 20.1 Å². The fourth-order valence-corrected chi connectivity index (χ4v) is 10.6. The molecule has 55 heavy (non-hydrogen) atoms. The Morgan fingerprint density at radius 1 is 0.727 bits per heavy atom. The van der Waals surface area contributed by atoms with Gasteiger partial charge in [0.15, 0.2) is 0 Å². The third kappa shape index (κ3) is 9.27. The first kappa shape index (κ1) is 36.1. The molecule has 5 heteroatoms. The molecule has 3 nitrogen and oxygen atoms in total. The molecule has 8 aromatic rings. The van der Waals surface area contributed by atoms with E-state index in [1.165, 1.54) is 26.6 Å². The van der Waals surface area contributed by atoms with Crippen LogP contribution in [0.15, 0.2) is 138 Å². The maximum atomic E-state index is 7.87. The zero-order valence-corrected chi connectivity index (χ0v) is 37.0. The van der Waals surface area contributed by atoms with Crippen molar-refractivity contribution in [1.82, 2.24) is 9.97 Å². The largest absolute Gasteiger partial charge is 0 e. The Hall–Kier alpha value is -4.61. The maximum absolute atomic E-state index is 7.87. The summed E-state index contributed by atoms with van der Waals surface area (Å²) in [6.07, 6.45) is 4.89. The molecule has 279 valence electrons. The number of fused-ring (bicyclic) bond motifs is 3. The van der Waals surface area contributed by atoms with Gasteiger partial charge in [0.2, 0.25) is 0 Å². The number of nitrogens with zero attached hydrogens (tertiary/aromatic N) is 2. The molecule has 0 unspecified atom stereocenters. The molecule has 0 aliphatic carbocycles. The van der Waals surface area contributed by atoms with Crippen LogP contribution in [-0.2, 0) is 26.5 Å². The van der Waals surface area contributed by atoms with Crippen molar-refractivity contribution >= 4 is 39.6 Å². The summed E-state index contributed by atoms with van der Waals surface area (Å²) < 4.78 is 31.3. The van der Waals surface area contributed by atoms with E-state index in [0.717, 1.165) is 56.4 Å². The summed E-state index contributed by atoms with van der Waals surface area (Å²) in [7, 11) is 0. The number of aromatic nitrogens is 2. The van der Waals surface area contributed by atoms with Crippen molar-refractivity contribution < 1.29 is 28.6 Å². The molecule has 0 amide bonds. The summed E-state index contributed by atoms with van der Waals surface area (Å²) in [6, 6.07) is 46.9. The molecule has 0 atom stereocenters. The third-order valence-corrected chi connectivity index (χ3v) is 14.1. The normalized spacial score (nSPS) is 12.6. The number of rotatable bonds is 6. The molecule has 3 heterocycles. The van der Waals surface area contributed by atoms with E-state index in [1.807, 2.05) is 60.9 Å². The first-order chi connectivity index (χ1) is 27.0. The molecule has 3 aromatic heterocycles. The van der Waals surface area contributed by atoms with Gasteiger partial charge in [0.1, 0.15) is 5.58 Å². The minimum absolute atomic E-state index is 0. The molecular formula is C50H48GeIrN2O-2. The molecule has 0 N–H and O–H groups in total. The van der Waals surface area contributed by atoms with Crippen LogP contribution < -0.4 is 4.40 Å². The van der Waals surface area contributed by atoms with Gasteiger partial charge < -0.3 is 9.40 Å². The monoisotopic (exact) mass is 962 g/mol. The van der Waals surface area contributed by atoms with Gasteiger partial charge in [0, 0.05) is 31.7 Å². The summed E-state index contributed by atoms with van der Waals surface area (Å²) in [5, 5.41) is 2.21. The predicted octanol–water partition coefficient (Wildman–Crippen LogP) is 13.1. The van der Waals surface area contributed by atoms with Crippen molar-refractivity contribution in [2.45, 2.75) is 58.2 Å². The van der Waals surface area contributed by atoms with Gasteiger partial charge in [0.25, 0.3) is 0 Å². The number of hydrogen-bond donors (Lipinski definition) is 0. The molecule has 0 aliphatic rings. The van der Waals surface area contributed by atoms with E-state index in [0.29, 0.717) is 11.1 Å². The van der Waals surface area contributed by atoms with Gasteiger partial charge in [-0.25, -0.2) is 0 Å². The number of hydrogen-bond acceptors (Lipinski definition) is 3. The van der Waals surface area contributed by atoms with E-state index in [4.69, 9.17) is 8.53 Å². The minimum Gasteiger partial charge on any atom is 0 e. The Labute approximate surface area is 347 Å². The third-order valence-electron chi connectivity index (χ3n) is 9.58. The average Bonchev–Trinajstić information content (AvgIpc) is 3.55. The van der Waals surface area contributed by atoms with Crippen LogP contribution in [0.25, 0.3) is 66.7 Å². The zero-order valence-electron chi connectivity index (χ0n) is 35.5. The second-order valence-electron chi connectivity index (χ2n) is 16.2. The molecule has 8 rings (SSSR count). The van der Waals surface area contributed by atoms with E-state index in [-0.39, 0.29) is 25.5 Å². The van der Waals surface area contributed by atoms with Gasteiger partial charge in [-0.05, 0) is 46.9 Å². The summed E-state index contributed by atoms with van der Waals surface area (Å²) >= 11 is -1.96. The summed E-state index contributed by atoms with van der Waals surface area (Å²) in [6.45, 7) is 6.70. The van der Waals surface area contributed by atoms with Crippen LogP contribution >= 0.6 is 0 Å². The number of aryl methyl sites for hydroxylation is 2. The van der Waals surface area contributed by atoms with Gasteiger partial charge in [-0.15, -0.1) is 18.2 Å². The van der Waals surface area contributed by atoms with E-state index in [1.54, 1.807) is 6.07 Å². The second-order valence-corrected chi connectivity index (χ2v) is 26.8. The Morgan fingerprint density at radius 3 is 2.13 bits per heavy atom. The number of furan rings is 1.